The smallest absolute Gasteiger partial charge is 0.264 e. The highest BCUT2D eigenvalue weighted by atomic mass is 16.2. The first-order valence-corrected chi connectivity index (χ1v) is 21.1. The van der Waals surface area contributed by atoms with Crippen LogP contribution in [0.4, 0.5) is 0 Å². The molecule has 0 aliphatic rings. The number of aromatic nitrogens is 8. The molecule has 0 amide bonds. The molecule has 14 aromatic rings. The molecule has 12 heteroatoms. The van der Waals surface area contributed by atoms with E-state index in [2.05, 4.69) is 24.9 Å². The van der Waals surface area contributed by atoms with Crippen molar-refractivity contribution in [1.82, 2.24) is 37.7 Å². The Hall–Kier alpha value is -8.38. The predicted octanol–water partition coefficient (Wildman–Crippen LogP) is 9.49. The molecule has 7 heterocycles. The number of imidazole rings is 4. The maximum atomic E-state index is 13.7. The highest BCUT2D eigenvalue weighted by Crippen LogP contribution is 2.38. The summed E-state index contributed by atoms with van der Waals surface area (Å²) >= 11 is 0. The lowest BCUT2D eigenvalue weighted by Crippen LogP contribution is -2.16. The topological polar surface area (TPSA) is 138 Å². The number of rotatable bonds is 0. The van der Waals surface area contributed by atoms with E-state index >= 15 is 0 Å². The second-order valence-corrected chi connectivity index (χ2v) is 17.2. The molecule has 0 N–H and O–H groups in total. The van der Waals surface area contributed by atoms with Crippen LogP contribution < -0.4 is 16.7 Å². The molecule has 0 radical (unpaired) electrons. The zero-order valence-corrected chi connectivity index (χ0v) is 35.4. The molecule has 306 valence electrons. The fourth-order valence-electron chi connectivity index (χ4n) is 10.5. The number of hydrogen-bond donors (Lipinski definition) is 0. The van der Waals surface area contributed by atoms with Gasteiger partial charge in [-0.3, -0.25) is 36.9 Å². The zero-order valence-electron chi connectivity index (χ0n) is 35.4. The van der Waals surface area contributed by atoms with E-state index in [-0.39, 0.29) is 22.6 Å². The first-order valence-electron chi connectivity index (χ1n) is 21.1. The Morgan fingerprint density at radius 2 is 0.844 bits per heavy atom. The van der Waals surface area contributed by atoms with Crippen molar-refractivity contribution in [2.24, 2.45) is 0 Å². The summed E-state index contributed by atoms with van der Waals surface area (Å²) in [7, 11) is 0. The first kappa shape index (κ1) is 36.3. The Morgan fingerprint density at radius 1 is 0.406 bits per heavy atom. The minimum absolute atomic E-state index is 0.0967. The summed E-state index contributed by atoms with van der Waals surface area (Å²) in [5.74, 6) is 0.511. The highest BCUT2D eigenvalue weighted by molar-refractivity contribution is 6.28. The Balaban J connectivity index is 0.000000130. The van der Waals surface area contributed by atoms with Crippen LogP contribution in [0, 0.1) is 34.6 Å². The van der Waals surface area contributed by atoms with Crippen LogP contribution in [-0.4, -0.2) is 43.6 Å². The standard InChI is InChI=1S/C28H16N4O2.C24H18N4O2/c1-13-4-10-21-20(11-13)30-26-16-6-5-15-23-18(8-7-17(24(16)23)27(33)31(21)26)28(34)32-22-12-14(2)3-9-19(22)29-25(15)32;1-11-5-7-15-22-16(8-6-12(2)21(11)22)24(30)28-20-10-19-17(9-18(20)26-23(15)28)25-13(3)27(19)14(4)29/h3-12H,1-2H3;5-10H,1-4H3. The summed E-state index contributed by atoms with van der Waals surface area (Å²) in [4.78, 5) is 72.2. The molecule has 64 heavy (non-hydrogen) atoms. The van der Waals surface area contributed by atoms with Gasteiger partial charge >= 0.3 is 0 Å². The van der Waals surface area contributed by atoms with Gasteiger partial charge in [0.2, 0.25) is 5.91 Å². The van der Waals surface area contributed by atoms with Crippen LogP contribution in [0.1, 0.15) is 39.8 Å². The lowest BCUT2D eigenvalue weighted by Gasteiger charge is -2.12. The number of carbonyl (C=O) groups is 1. The summed E-state index contributed by atoms with van der Waals surface area (Å²) in [6, 6.07) is 31.2. The Morgan fingerprint density at radius 3 is 1.44 bits per heavy atom. The van der Waals surface area contributed by atoms with Crippen molar-refractivity contribution in [2.45, 2.75) is 41.5 Å². The molecular formula is C52H34N8O4. The summed E-state index contributed by atoms with van der Waals surface area (Å²) in [6.07, 6.45) is 0. The number of benzene rings is 7. The van der Waals surface area contributed by atoms with Crippen molar-refractivity contribution >= 4 is 121 Å². The highest BCUT2D eigenvalue weighted by Gasteiger charge is 2.24. The molecule has 14 rings (SSSR count). The Kier molecular flexibility index (Phi) is 6.90. The third-order valence-corrected chi connectivity index (χ3v) is 13.3. The van der Waals surface area contributed by atoms with Gasteiger partial charge in [0.05, 0.1) is 44.1 Å². The molecular weight excluding hydrogens is 801 g/mol. The average Bonchev–Trinajstić information content (AvgIpc) is 4.03. The van der Waals surface area contributed by atoms with Crippen LogP contribution in [0.3, 0.4) is 0 Å². The van der Waals surface area contributed by atoms with Gasteiger partial charge in [-0.05, 0) is 129 Å². The van der Waals surface area contributed by atoms with E-state index in [1.54, 1.807) is 36.8 Å². The van der Waals surface area contributed by atoms with Gasteiger partial charge in [-0.1, -0.05) is 30.3 Å². The van der Waals surface area contributed by atoms with Gasteiger partial charge in [0, 0.05) is 55.4 Å². The fraction of sp³-hybridized carbons (Fsp3) is 0.115. The summed E-state index contributed by atoms with van der Waals surface area (Å²) < 4.78 is 6.63. The second-order valence-electron chi connectivity index (χ2n) is 17.2. The molecule has 7 aromatic carbocycles. The number of hydrogen-bond acceptors (Lipinski definition) is 8. The maximum absolute atomic E-state index is 13.7. The van der Waals surface area contributed by atoms with Crippen LogP contribution in [0.15, 0.2) is 111 Å². The molecule has 7 aromatic heterocycles. The third-order valence-electron chi connectivity index (χ3n) is 13.3. The molecule has 0 unspecified atom stereocenters. The molecule has 0 saturated carbocycles. The van der Waals surface area contributed by atoms with Crippen LogP contribution in [-0.2, 0) is 0 Å². The molecule has 0 aliphatic carbocycles. The normalized spacial score (nSPS) is 12.5. The van der Waals surface area contributed by atoms with Crippen molar-refractivity contribution in [3.05, 3.63) is 156 Å². The SMILES string of the molecule is CC(=O)n1c(C)nc2cc3nc4c5ccc(C)c6c(C)ccc(c(=O)n4c3cc21)c65.Cc1ccc2c(c1)nc1c3ccc4c5c(ccc(c(=O)n21)c35)c(=O)n1c2cc(C)ccc2nc41. The number of pyridine rings is 3. The molecule has 0 spiro atoms. The van der Waals surface area contributed by atoms with Crippen LogP contribution in [0.25, 0.3) is 115 Å². The van der Waals surface area contributed by atoms with Gasteiger partial charge in [-0.2, -0.15) is 0 Å². The maximum Gasteiger partial charge on any atom is 0.264 e. The Bertz CT molecular complexity index is 4620. The largest absolute Gasteiger partial charge is 0.274 e. The van der Waals surface area contributed by atoms with Gasteiger partial charge < -0.3 is 0 Å². The minimum Gasteiger partial charge on any atom is -0.274 e. The molecule has 12 nitrogen and oxygen atoms in total. The van der Waals surface area contributed by atoms with Gasteiger partial charge in [0.15, 0.2) is 0 Å². The molecule has 0 aliphatic heterocycles. The second kappa shape index (κ2) is 12.2. The van der Waals surface area contributed by atoms with Crippen LogP contribution in [0.2, 0.25) is 0 Å². The van der Waals surface area contributed by atoms with Gasteiger partial charge in [-0.25, -0.2) is 19.9 Å². The third kappa shape index (κ3) is 4.50. The van der Waals surface area contributed by atoms with Gasteiger partial charge in [0.25, 0.3) is 16.7 Å². The van der Waals surface area contributed by atoms with E-state index < -0.39 is 0 Å². The number of aryl methyl sites for hydroxylation is 5. The van der Waals surface area contributed by atoms with Crippen molar-refractivity contribution in [3.8, 4) is 0 Å². The van der Waals surface area contributed by atoms with E-state index in [0.29, 0.717) is 61.0 Å². The van der Waals surface area contributed by atoms with E-state index in [1.165, 1.54) is 6.92 Å². The predicted molar refractivity (Wildman–Crippen MR) is 255 cm³/mol. The van der Waals surface area contributed by atoms with E-state index in [1.807, 2.05) is 92.7 Å². The summed E-state index contributed by atoms with van der Waals surface area (Å²) in [5.41, 5.74) is 11.9. The number of fused-ring (bicyclic) bond motifs is 13. The first-order chi connectivity index (χ1) is 30.9. The van der Waals surface area contributed by atoms with Crippen molar-refractivity contribution in [1.29, 1.82) is 0 Å². The fourth-order valence-corrected chi connectivity index (χ4v) is 10.5. The average molecular weight is 835 g/mol. The number of carbonyl (C=O) groups excluding carboxylic acids is 1. The zero-order chi connectivity index (χ0) is 43.8. The summed E-state index contributed by atoms with van der Waals surface area (Å²) in [6.45, 7) is 11.5. The van der Waals surface area contributed by atoms with E-state index in [9.17, 15) is 19.2 Å². The lowest BCUT2D eigenvalue weighted by atomic mass is 9.95. The van der Waals surface area contributed by atoms with Crippen molar-refractivity contribution in [2.75, 3.05) is 0 Å². The minimum atomic E-state index is -0.125. The monoisotopic (exact) mass is 834 g/mol. The molecule has 0 atom stereocenters. The molecule has 0 bridgehead atoms. The van der Waals surface area contributed by atoms with Crippen LogP contribution in [0.5, 0.6) is 0 Å². The molecule has 0 fully saturated rings. The van der Waals surface area contributed by atoms with Crippen LogP contribution >= 0.6 is 0 Å². The van der Waals surface area contributed by atoms with E-state index in [4.69, 9.17) is 15.0 Å². The quantitative estimate of drug-likeness (QED) is 0.138. The van der Waals surface area contributed by atoms with Crippen molar-refractivity contribution in [3.63, 3.8) is 0 Å². The Labute approximate surface area is 359 Å². The molecule has 0 saturated heterocycles. The lowest BCUT2D eigenvalue weighted by molar-refractivity contribution is 0.0939. The van der Waals surface area contributed by atoms with E-state index in [0.717, 1.165) is 82.0 Å². The number of nitrogens with zero attached hydrogens (tertiary/aromatic N) is 8. The van der Waals surface area contributed by atoms with Gasteiger partial charge in [0.1, 0.15) is 22.8 Å². The van der Waals surface area contributed by atoms with Gasteiger partial charge in [-0.15, -0.1) is 0 Å². The van der Waals surface area contributed by atoms with Crippen molar-refractivity contribution < 1.29 is 4.79 Å². The summed E-state index contributed by atoms with van der Waals surface area (Å²) in [5, 5.41) is 8.15.